The number of halogens is 2. The molecule has 0 saturated heterocycles. The fourth-order valence-electron chi connectivity index (χ4n) is 5.07. The summed E-state index contributed by atoms with van der Waals surface area (Å²) in [6, 6.07) is 4.88. The lowest BCUT2D eigenvalue weighted by molar-refractivity contribution is -0.0482. The van der Waals surface area contributed by atoms with E-state index in [1.165, 1.54) is 0 Å². The molecule has 1 aromatic carbocycles. The number of nitrogens with one attached hydrogen (secondary N) is 1. The van der Waals surface area contributed by atoms with Gasteiger partial charge in [0.15, 0.2) is 11.3 Å². The number of imidazole rings is 1. The Kier molecular flexibility index (Phi) is 6.40. The van der Waals surface area contributed by atoms with Crippen LogP contribution >= 0.6 is 0 Å². The molecular formula is C24H26F2N6O5. The molecule has 11 nitrogen and oxygen atoms in total. The number of carbonyl (C=O) groups is 1. The molecule has 1 aliphatic carbocycles. The van der Waals surface area contributed by atoms with Crippen LogP contribution in [0.2, 0.25) is 0 Å². The van der Waals surface area contributed by atoms with E-state index in [9.17, 15) is 18.4 Å². The zero-order chi connectivity index (χ0) is 26.3. The van der Waals surface area contributed by atoms with Gasteiger partial charge < -0.3 is 19.9 Å². The van der Waals surface area contributed by atoms with Crippen LogP contribution in [0.3, 0.4) is 0 Å². The Hall–Kier alpha value is -3.87. The van der Waals surface area contributed by atoms with E-state index in [1.807, 2.05) is 0 Å². The van der Waals surface area contributed by atoms with Crippen molar-refractivity contribution >= 4 is 17.0 Å². The molecule has 0 bridgehead atoms. The zero-order valence-electron chi connectivity index (χ0n) is 20.2. The highest BCUT2D eigenvalue weighted by atomic mass is 19.3. The number of alkyl halides is 2. The molecule has 0 radical (unpaired) electrons. The molecular weight excluding hydrogens is 490 g/mol. The van der Waals surface area contributed by atoms with E-state index in [0.717, 1.165) is 5.56 Å². The number of ether oxygens (including phenoxy) is 1. The third kappa shape index (κ3) is 4.78. The second-order valence-corrected chi connectivity index (χ2v) is 9.43. The molecule has 1 aliphatic rings. The van der Waals surface area contributed by atoms with Gasteiger partial charge in [-0.25, -0.2) is 23.2 Å². The van der Waals surface area contributed by atoms with Crippen LogP contribution in [0.5, 0.6) is 0 Å². The van der Waals surface area contributed by atoms with Crippen LogP contribution in [-0.4, -0.2) is 50.4 Å². The van der Waals surface area contributed by atoms with E-state index in [4.69, 9.17) is 19.5 Å². The highest BCUT2D eigenvalue weighted by Gasteiger charge is 2.42. The van der Waals surface area contributed by atoms with Gasteiger partial charge in [-0.15, -0.1) is 0 Å². The van der Waals surface area contributed by atoms with Crippen molar-refractivity contribution in [1.29, 1.82) is 0 Å². The summed E-state index contributed by atoms with van der Waals surface area (Å²) in [6.07, 6.45) is 1.43. The number of rotatable bonds is 8. The Morgan fingerprint density at radius 2 is 2.08 bits per heavy atom. The number of aromatic amines is 1. The number of H-pyrrole nitrogens is 1. The Balaban J connectivity index is 1.56. The fourth-order valence-corrected chi connectivity index (χ4v) is 5.07. The van der Waals surface area contributed by atoms with Gasteiger partial charge in [0.1, 0.15) is 11.2 Å². The lowest BCUT2D eigenvalue weighted by Gasteiger charge is -2.31. The van der Waals surface area contributed by atoms with Crippen LogP contribution in [-0.2, 0) is 4.74 Å². The minimum absolute atomic E-state index is 0.112. The minimum Gasteiger partial charge on any atom is -0.440 e. The first kappa shape index (κ1) is 24.8. The average molecular weight is 517 g/mol. The SMILES string of the molecule is COCC(c1ccc2oc(C(c3nonc3C(N)=O)C3CCC(F)(F)CC3)nc2c1)n1cc(C)[nH]c1=O. The van der Waals surface area contributed by atoms with Crippen molar-refractivity contribution in [2.45, 2.75) is 50.5 Å². The highest BCUT2D eigenvalue weighted by Crippen LogP contribution is 2.45. The van der Waals surface area contributed by atoms with Gasteiger partial charge in [0.2, 0.25) is 11.8 Å². The first-order valence-electron chi connectivity index (χ1n) is 11.8. The number of carbonyl (C=O) groups excluding carboxylic acids is 1. The molecule has 196 valence electrons. The van der Waals surface area contributed by atoms with E-state index in [2.05, 4.69) is 20.3 Å². The summed E-state index contributed by atoms with van der Waals surface area (Å²) < 4.78 is 45.6. The third-order valence-corrected chi connectivity index (χ3v) is 6.89. The Morgan fingerprint density at radius 3 is 2.73 bits per heavy atom. The summed E-state index contributed by atoms with van der Waals surface area (Å²) >= 11 is 0. The van der Waals surface area contributed by atoms with Crippen LogP contribution in [0.15, 0.2) is 38.2 Å². The third-order valence-electron chi connectivity index (χ3n) is 6.89. The Bertz CT molecular complexity index is 1480. The molecule has 3 aromatic heterocycles. The summed E-state index contributed by atoms with van der Waals surface area (Å²) in [5.41, 5.74) is 7.50. The van der Waals surface area contributed by atoms with E-state index < -0.39 is 23.8 Å². The summed E-state index contributed by atoms with van der Waals surface area (Å²) in [7, 11) is 1.55. The number of fused-ring (bicyclic) bond motifs is 1. The summed E-state index contributed by atoms with van der Waals surface area (Å²) in [4.78, 5) is 31.8. The second kappa shape index (κ2) is 9.54. The maximum Gasteiger partial charge on any atom is 0.326 e. The van der Waals surface area contributed by atoms with Crippen molar-refractivity contribution in [3.63, 3.8) is 0 Å². The van der Waals surface area contributed by atoms with Gasteiger partial charge >= 0.3 is 5.69 Å². The number of oxazole rings is 1. The first-order chi connectivity index (χ1) is 17.7. The molecule has 2 unspecified atom stereocenters. The number of aryl methyl sites for hydroxylation is 1. The van der Waals surface area contributed by atoms with Crippen molar-refractivity contribution in [2.75, 3.05) is 13.7 Å². The van der Waals surface area contributed by atoms with Crippen molar-refractivity contribution in [3.05, 3.63) is 63.4 Å². The number of hydrogen-bond donors (Lipinski definition) is 2. The van der Waals surface area contributed by atoms with Crippen LogP contribution in [0.25, 0.3) is 11.1 Å². The summed E-state index contributed by atoms with van der Waals surface area (Å²) in [6.45, 7) is 2.02. The highest BCUT2D eigenvalue weighted by molar-refractivity contribution is 5.91. The molecule has 1 amide bonds. The molecule has 3 heterocycles. The van der Waals surface area contributed by atoms with Gasteiger partial charge in [-0.2, -0.15) is 0 Å². The average Bonchev–Trinajstić information content (AvgIpc) is 3.57. The topological polar surface area (TPSA) is 155 Å². The molecule has 13 heteroatoms. The lowest BCUT2D eigenvalue weighted by Crippen LogP contribution is -2.29. The van der Waals surface area contributed by atoms with Crippen LogP contribution < -0.4 is 11.4 Å². The number of hydrogen-bond acceptors (Lipinski definition) is 8. The number of nitrogens with zero attached hydrogens (tertiary/aromatic N) is 4. The predicted octanol–water partition coefficient (Wildman–Crippen LogP) is 3.30. The van der Waals surface area contributed by atoms with Crippen LogP contribution in [0.1, 0.15) is 71.0 Å². The minimum atomic E-state index is -2.75. The monoisotopic (exact) mass is 516 g/mol. The van der Waals surface area contributed by atoms with E-state index in [-0.39, 0.29) is 61.2 Å². The lowest BCUT2D eigenvalue weighted by atomic mass is 9.76. The van der Waals surface area contributed by atoms with Gasteiger partial charge in [0, 0.05) is 31.8 Å². The summed E-state index contributed by atoms with van der Waals surface area (Å²) in [5.74, 6) is -4.52. The van der Waals surface area contributed by atoms with Gasteiger partial charge in [-0.1, -0.05) is 11.2 Å². The molecule has 0 aliphatic heterocycles. The van der Waals surface area contributed by atoms with Crippen molar-refractivity contribution in [1.82, 2.24) is 24.8 Å². The van der Waals surface area contributed by atoms with Crippen molar-refractivity contribution < 1.29 is 27.4 Å². The fraction of sp³-hybridized carbons (Fsp3) is 0.458. The molecule has 5 rings (SSSR count). The number of nitrogens with two attached hydrogens (primary N) is 1. The van der Waals surface area contributed by atoms with Gasteiger partial charge in [0.25, 0.3) is 5.91 Å². The molecule has 1 fully saturated rings. The molecule has 1 saturated carbocycles. The largest absolute Gasteiger partial charge is 0.440 e. The maximum atomic E-state index is 13.9. The van der Waals surface area contributed by atoms with Crippen LogP contribution in [0.4, 0.5) is 8.78 Å². The smallest absolute Gasteiger partial charge is 0.326 e. The van der Waals surface area contributed by atoms with E-state index in [0.29, 0.717) is 16.8 Å². The van der Waals surface area contributed by atoms with Crippen LogP contribution in [0, 0.1) is 12.8 Å². The quantitative estimate of drug-likeness (QED) is 0.361. The standard InChI is InChI=1S/C24H26F2N6O5/c1-12-10-32(23(34)28-12)16(11-35-2)14-3-4-17-15(9-14)29-22(36-17)18(13-5-7-24(25,26)8-6-13)19-20(21(27)33)31-37-30-19/h3-4,9-10,13,16,18H,5-8,11H2,1-2H3,(H2,27,33)(H,28,34). The maximum absolute atomic E-state index is 13.9. The predicted molar refractivity (Wildman–Crippen MR) is 125 cm³/mol. The van der Waals surface area contributed by atoms with Gasteiger partial charge in [-0.3, -0.25) is 9.36 Å². The number of aromatic nitrogens is 5. The second-order valence-electron chi connectivity index (χ2n) is 9.43. The number of amides is 1. The van der Waals surface area contributed by atoms with E-state index in [1.54, 1.807) is 43.0 Å². The number of methoxy groups -OCH3 is 1. The molecule has 37 heavy (non-hydrogen) atoms. The zero-order valence-corrected chi connectivity index (χ0v) is 20.2. The Labute approximate surface area is 208 Å². The van der Waals surface area contributed by atoms with Crippen molar-refractivity contribution in [3.8, 4) is 0 Å². The first-order valence-corrected chi connectivity index (χ1v) is 11.8. The molecule has 3 N–H and O–H groups in total. The normalized spacial score (nSPS) is 17.7. The number of benzene rings is 1. The van der Waals surface area contributed by atoms with Gasteiger partial charge in [-0.05, 0) is 48.5 Å². The molecule has 0 spiro atoms. The Morgan fingerprint density at radius 1 is 1.32 bits per heavy atom. The molecule has 2 atom stereocenters. The van der Waals surface area contributed by atoms with E-state index >= 15 is 0 Å². The van der Waals surface area contributed by atoms with Gasteiger partial charge in [0.05, 0.1) is 18.6 Å². The summed E-state index contributed by atoms with van der Waals surface area (Å²) in [5, 5.41) is 7.50. The number of primary amides is 1. The van der Waals surface area contributed by atoms with Crippen molar-refractivity contribution in [2.24, 2.45) is 11.7 Å². The molecule has 4 aromatic rings.